The minimum atomic E-state index is -0.501. The molecule has 108 valence electrons. The van der Waals surface area contributed by atoms with E-state index in [2.05, 4.69) is 40.9 Å². The normalized spacial score (nSPS) is 12.7. The van der Waals surface area contributed by atoms with Crippen LogP contribution in [0.25, 0.3) is 0 Å². The van der Waals surface area contributed by atoms with Gasteiger partial charge in [0, 0.05) is 23.1 Å². The van der Waals surface area contributed by atoms with Crippen LogP contribution in [0.1, 0.15) is 42.5 Å². The SMILES string of the molecule is CCc1cc(CC(O)c2cccc(Br)c2C)n(CC)n1. The number of aliphatic hydroxyl groups is 1. The summed E-state index contributed by atoms with van der Waals surface area (Å²) in [7, 11) is 0. The van der Waals surface area contributed by atoms with Gasteiger partial charge >= 0.3 is 0 Å². The third kappa shape index (κ3) is 3.13. The predicted octanol–water partition coefficient (Wildman–Crippen LogP) is 3.81. The highest BCUT2D eigenvalue weighted by atomic mass is 79.9. The average Bonchev–Trinajstić information content (AvgIpc) is 2.84. The number of halogens is 1. The maximum atomic E-state index is 10.5. The largest absolute Gasteiger partial charge is 0.388 e. The Balaban J connectivity index is 2.25. The lowest BCUT2D eigenvalue weighted by Crippen LogP contribution is -2.09. The van der Waals surface area contributed by atoms with Gasteiger partial charge in [-0.15, -0.1) is 0 Å². The molecule has 0 aliphatic heterocycles. The Kier molecular flexibility index (Phi) is 5.00. The molecule has 1 atom stereocenters. The Morgan fingerprint density at radius 2 is 2.10 bits per heavy atom. The van der Waals surface area contributed by atoms with Crippen molar-refractivity contribution in [3.63, 3.8) is 0 Å². The smallest absolute Gasteiger partial charge is 0.0848 e. The Labute approximate surface area is 128 Å². The molecule has 1 heterocycles. The lowest BCUT2D eigenvalue weighted by atomic mass is 10.00. The topological polar surface area (TPSA) is 38.0 Å². The summed E-state index contributed by atoms with van der Waals surface area (Å²) in [5.74, 6) is 0. The van der Waals surface area contributed by atoms with Crippen LogP contribution in [0, 0.1) is 6.92 Å². The summed E-state index contributed by atoms with van der Waals surface area (Å²) in [6.07, 6.45) is 1.02. The monoisotopic (exact) mass is 336 g/mol. The first-order valence-electron chi connectivity index (χ1n) is 7.05. The molecule has 0 radical (unpaired) electrons. The van der Waals surface area contributed by atoms with E-state index in [0.29, 0.717) is 6.42 Å². The molecule has 1 unspecified atom stereocenters. The number of aromatic nitrogens is 2. The Morgan fingerprint density at radius 1 is 1.35 bits per heavy atom. The molecule has 4 heteroatoms. The standard InChI is InChI=1S/C16H21BrN2O/c1-4-12-9-13(19(5-2)18-12)10-16(20)14-7-6-8-15(17)11(14)3/h6-9,16,20H,4-5,10H2,1-3H3. The molecule has 0 fully saturated rings. The van der Waals surface area contributed by atoms with E-state index in [1.54, 1.807) is 0 Å². The van der Waals surface area contributed by atoms with Gasteiger partial charge in [-0.3, -0.25) is 4.68 Å². The summed E-state index contributed by atoms with van der Waals surface area (Å²) in [5, 5.41) is 15.0. The minimum Gasteiger partial charge on any atom is -0.388 e. The van der Waals surface area contributed by atoms with Crippen LogP contribution in [0.5, 0.6) is 0 Å². The Hall–Kier alpha value is -1.13. The number of hydrogen-bond acceptors (Lipinski definition) is 2. The van der Waals surface area contributed by atoms with Gasteiger partial charge in [-0.25, -0.2) is 0 Å². The maximum Gasteiger partial charge on any atom is 0.0848 e. The van der Waals surface area contributed by atoms with Crippen molar-refractivity contribution in [2.75, 3.05) is 0 Å². The van der Waals surface area contributed by atoms with Crippen molar-refractivity contribution < 1.29 is 5.11 Å². The van der Waals surface area contributed by atoms with Crippen LogP contribution >= 0.6 is 15.9 Å². The van der Waals surface area contributed by atoms with Gasteiger partial charge in [0.05, 0.1) is 11.8 Å². The van der Waals surface area contributed by atoms with Crippen LogP contribution in [-0.2, 0) is 19.4 Å². The molecule has 0 saturated heterocycles. The predicted molar refractivity (Wildman–Crippen MR) is 84.8 cm³/mol. The number of aryl methyl sites for hydroxylation is 2. The zero-order valence-corrected chi connectivity index (χ0v) is 13.8. The van der Waals surface area contributed by atoms with Gasteiger partial charge in [-0.05, 0) is 43.5 Å². The van der Waals surface area contributed by atoms with E-state index in [9.17, 15) is 5.11 Å². The van der Waals surface area contributed by atoms with Crippen molar-refractivity contribution in [3.05, 3.63) is 51.3 Å². The molecule has 0 bridgehead atoms. The Bertz CT molecular complexity index is 592. The van der Waals surface area contributed by atoms with Crippen LogP contribution in [0.4, 0.5) is 0 Å². The van der Waals surface area contributed by atoms with E-state index in [-0.39, 0.29) is 0 Å². The second kappa shape index (κ2) is 6.55. The molecule has 20 heavy (non-hydrogen) atoms. The van der Waals surface area contributed by atoms with E-state index in [1.807, 2.05) is 29.8 Å². The summed E-state index contributed by atoms with van der Waals surface area (Å²) in [4.78, 5) is 0. The van der Waals surface area contributed by atoms with Crippen LogP contribution in [0.15, 0.2) is 28.7 Å². The number of benzene rings is 1. The first-order chi connectivity index (χ1) is 9.56. The highest BCUT2D eigenvalue weighted by Crippen LogP contribution is 2.27. The quantitative estimate of drug-likeness (QED) is 0.901. The lowest BCUT2D eigenvalue weighted by Gasteiger charge is -2.15. The van der Waals surface area contributed by atoms with Gasteiger partial charge in [0.1, 0.15) is 0 Å². The summed E-state index contributed by atoms with van der Waals surface area (Å²) >= 11 is 3.51. The molecule has 0 spiro atoms. The zero-order chi connectivity index (χ0) is 14.7. The van der Waals surface area contributed by atoms with Crippen molar-refractivity contribution >= 4 is 15.9 Å². The van der Waals surface area contributed by atoms with Gasteiger partial charge in [0.25, 0.3) is 0 Å². The third-order valence-corrected chi connectivity index (χ3v) is 4.51. The highest BCUT2D eigenvalue weighted by molar-refractivity contribution is 9.10. The van der Waals surface area contributed by atoms with Crippen molar-refractivity contribution in [1.82, 2.24) is 9.78 Å². The van der Waals surface area contributed by atoms with Crippen LogP contribution in [0.2, 0.25) is 0 Å². The number of hydrogen-bond donors (Lipinski definition) is 1. The fourth-order valence-electron chi connectivity index (χ4n) is 2.42. The van der Waals surface area contributed by atoms with Gasteiger partial charge in [0.2, 0.25) is 0 Å². The van der Waals surface area contributed by atoms with E-state index in [1.165, 1.54) is 0 Å². The summed E-state index contributed by atoms with van der Waals surface area (Å²) in [6.45, 7) is 7.03. The highest BCUT2D eigenvalue weighted by Gasteiger charge is 2.15. The zero-order valence-electron chi connectivity index (χ0n) is 12.2. The molecule has 0 amide bonds. The van der Waals surface area contributed by atoms with Gasteiger partial charge in [-0.1, -0.05) is 35.0 Å². The number of nitrogens with zero attached hydrogens (tertiary/aromatic N) is 2. The second-order valence-electron chi connectivity index (χ2n) is 4.97. The molecule has 2 aromatic rings. The molecule has 0 aliphatic rings. The van der Waals surface area contributed by atoms with Crippen LogP contribution in [-0.4, -0.2) is 14.9 Å². The first kappa shape index (κ1) is 15.3. The third-order valence-electron chi connectivity index (χ3n) is 3.65. The first-order valence-corrected chi connectivity index (χ1v) is 7.84. The maximum absolute atomic E-state index is 10.5. The van der Waals surface area contributed by atoms with Crippen molar-refractivity contribution in [1.29, 1.82) is 0 Å². The molecular formula is C16H21BrN2O. The van der Waals surface area contributed by atoms with E-state index in [4.69, 9.17) is 0 Å². The van der Waals surface area contributed by atoms with E-state index in [0.717, 1.165) is 40.0 Å². The summed E-state index contributed by atoms with van der Waals surface area (Å²) < 4.78 is 3.02. The van der Waals surface area contributed by atoms with Crippen LogP contribution in [0.3, 0.4) is 0 Å². The molecular weight excluding hydrogens is 316 g/mol. The van der Waals surface area contributed by atoms with E-state index < -0.39 is 6.10 Å². The summed E-state index contributed by atoms with van der Waals surface area (Å²) in [5.41, 5.74) is 4.25. The fourth-order valence-corrected chi connectivity index (χ4v) is 2.80. The lowest BCUT2D eigenvalue weighted by molar-refractivity contribution is 0.174. The molecule has 1 N–H and O–H groups in total. The van der Waals surface area contributed by atoms with E-state index >= 15 is 0 Å². The van der Waals surface area contributed by atoms with Gasteiger partial charge in [-0.2, -0.15) is 5.10 Å². The molecule has 3 nitrogen and oxygen atoms in total. The molecule has 1 aromatic heterocycles. The van der Waals surface area contributed by atoms with Crippen molar-refractivity contribution in [2.24, 2.45) is 0 Å². The molecule has 2 rings (SSSR count). The number of rotatable bonds is 5. The Morgan fingerprint density at radius 3 is 2.75 bits per heavy atom. The second-order valence-corrected chi connectivity index (χ2v) is 5.82. The number of aliphatic hydroxyl groups excluding tert-OH is 1. The molecule has 1 aromatic carbocycles. The van der Waals surface area contributed by atoms with Crippen molar-refractivity contribution in [2.45, 2.75) is 46.3 Å². The van der Waals surface area contributed by atoms with Crippen LogP contribution < -0.4 is 0 Å². The van der Waals surface area contributed by atoms with Gasteiger partial charge < -0.3 is 5.11 Å². The average molecular weight is 337 g/mol. The van der Waals surface area contributed by atoms with Crippen molar-refractivity contribution in [3.8, 4) is 0 Å². The fraction of sp³-hybridized carbons (Fsp3) is 0.438. The van der Waals surface area contributed by atoms with Gasteiger partial charge in [0.15, 0.2) is 0 Å². The molecule has 0 aliphatic carbocycles. The summed E-state index contributed by atoms with van der Waals surface area (Å²) in [6, 6.07) is 8.04. The minimum absolute atomic E-state index is 0.501. The molecule has 0 saturated carbocycles.